The summed E-state index contributed by atoms with van der Waals surface area (Å²) >= 11 is 9.54. The second kappa shape index (κ2) is 5.61. The number of nitrogens with one attached hydrogen (secondary N) is 1. The first-order valence-corrected chi connectivity index (χ1v) is 8.18. The number of amides is 2. The van der Waals surface area contributed by atoms with Gasteiger partial charge in [-0.05, 0) is 46.3 Å². The van der Waals surface area contributed by atoms with Gasteiger partial charge in [0.1, 0.15) is 0 Å². The number of benzene rings is 1. The number of halogens is 2. The van der Waals surface area contributed by atoms with Crippen molar-refractivity contribution in [1.82, 2.24) is 10.2 Å². The molecule has 2 aliphatic rings. The molecule has 0 saturated carbocycles. The minimum atomic E-state index is -0.0339. The summed E-state index contributed by atoms with van der Waals surface area (Å²) in [5.74, 6) is 0.0956. The van der Waals surface area contributed by atoms with Crippen LogP contribution in [-0.2, 0) is 4.79 Å². The van der Waals surface area contributed by atoms with Crippen molar-refractivity contribution < 1.29 is 9.59 Å². The lowest BCUT2D eigenvalue weighted by Crippen LogP contribution is -2.44. The summed E-state index contributed by atoms with van der Waals surface area (Å²) in [7, 11) is 0. The predicted octanol–water partition coefficient (Wildman–Crippen LogP) is 2.84. The highest BCUT2D eigenvalue weighted by atomic mass is 79.9. The summed E-state index contributed by atoms with van der Waals surface area (Å²) in [6, 6.07) is 5.38. The molecule has 1 N–H and O–H groups in total. The summed E-state index contributed by atoms with van der Waals surface area (Å²) in [5, 5.41) is 3.36. The fraction of sp³-hybridized carbons (Fsp3) is 0.467. The van der Waals surface area contributed by atoms with E-state index in [1.165, 1.54) is 0 Å². The van der Waals surface area contributed by atoms with E-state index < -0.39 is 0 Å². The first-order valence-electron chi connectivity index (χ1n) is 7.01. The van der Waals surface area contributed by atoms with E-state index in [0.717, 1.165) is 23.9 Å². The van der Waals surface area contributed by atoms with E-state index >= 15 is 0 Å². The molecule has 0 unspecified atom stereocenters. The Bertz CT molecular complexity index is 597. The van der Waals surface area contributed by atoms with Gasteiger partial charge in [-0.2, -0.15) is 0 Å². The fourth-order valence-electron chi connectivity index (χ4n) is 3.13. The number of hydrogen-bond donors (Lipinski definition) is 1. The number of hydrogen-bond acceptors (Lipinski definition) is 2. The minimum absolute atomic E-state index is 0.0339. The van der Waals surface area contributed by atoms with Crippen LogP contribution in [0.1, 0.15) is 29.6 Å². The maximum absolute atomic E-state index is 12.6. The van der Waals surface area contributed by atoms with E-state index in [2.05, 4.69) is 21.2 Å². The van der Waals surface area contributed by atoms with Crippen LogP contribution in [0, 0.1) is 5.41 Å². The highest BCUT2D eigenvalue weighted by molar-refractivity contribution is 9.10. The molecule has 0 radical (unpaired) electrons. The van der Waals surface area contributed by atoms with Crippen molar-refractivity contribution in [1.29, 1.82) is 0 Å². The first kappa shape index (κ1) is 14.9. The molecule has 0 aliphatic carbocycles. The van der Waals surface area contributed by atoms with Gasteiger partial charge in [-0.25, -0.2) is 0 Å². The molecule has 6 heteroatoms. The Morgan fingerprint density at radius 1 is 1.33 bits per heavy atom. The maximum atomic E-state index is 12.6. The van der Waals surface area contributed by atoms with E-state index in [0.29, 0.717) is 30.1 Å². The van der Waals surface area contributed by atoms with Crippen LogP contribution in [0.5, 0.6) is 0 Å². The largest absolute Gasteiger partial charge is 0.356 e. The number of carbonyl (C=O) groups excluding carboxylic acids is 2. The smallest absolute Gasteiger partial charge is 0.255 e. The van der Waals surface area contributed by atoms with E-state index in [1.54, 1.807) is 6.07 Å². The molecule has 4 nitrogen and oxygen atoms in total. The van der Waals surface area contributed by atoms with E-state index in [9.17, 15) is 9.59 Å². The van der Waals surface area contributed by atoms with Gasteiger partial charge in [0.2, 0.25) is 5.91 Å². The standard InChI is InChI=1S/C15H16BrClN2O2/c16-11-3-1-2-10(13(11)17)14(21)19-6-4-15(5-7-19)8-12(20)18-9-15/h1-3H,4-9H2,(H,18,20). The Morgan fingerprint density at radius 3 is 2.67 bits per heavy atom. The molecule has 21 heavy (non-hydrogen) atoms. The highest BCUT2D eigenvalue weighted by Crippen LogP contribution is 2.38. The maximum Gasteiger partial charge on any atom is 0.255 e. The SMILES string of the molecule is O=C1CC2(CCN(C(=O)c3cccc(Br)c3Cl)CC2)CN1. The van der Waals surface area contributed by atoms with Crippen LogP contribution < -0.4 is 5.32 Å². The molecule has 1 spiro atoms. The third-order valence-electron chi connectivity index (χ3n) is 4.49. The lowest BCUT2D eigenvalue weighted by molar-refractivity contribution is -0.119. The molecule has 0 bridgehead atoms. The van der Waals surface area contributed by atoms with Crippen molar-refractivity contribution in [3.63, 3.8) is 0 Å². The zero-order valence-corrected chi connectivity index (χ0v) is 13.8. The van der Waals surface area contributed by atoms with E-state index in [1.807, 2.05) is 17.0 Å². The fourth-order valence-corrected chi connectivity index (χ4v) is 3.70. The van der Waals surface area contributed by atoms with Gasteiger partial charge in [-0.3, -0.25) is 9.59 Å². The zero-order chi connectivity index (χ0) is 15.0. The van der Waals surface area contributed by atoms with Crippen LogP contribution >= 0.6 is 27.5 Å². The van der Waals surface area contributed by atoms with Gasteiger partial charge in [-0.15, -0.1) is 0 Å². The second-order valence-electron chi connectivity index (χ2n) is 5.85. The quantitative estimate of drug-likeness (QED) is 0.825. The number of nitrogens with zero attached hydrogens (tertiary/aromatic N) is 1. The van der Waals surface area contributed by atoms with Crippen molar-refractivity contribution >= 4 is 39.3 Å². The van der Waals surface area contributed by atoms with Crippen LogP contribution in [-0.4, -0.2) is 36.3 Å². The van der Waals surface area contributed by atoms with Gasteiger partial charge in [0, 0.05) is 30.5 Å². The third kappa shape index (κ3) is 2.81. The Balaban J connectivity index is 1.71. The molecule has 1 aromatic carbocycles. The molecule has 112 valence electrons. The summed E-state index contributed by atoms with van der Waals surface area (Å²) in [6.45, 7) is 2.10. The molecule has 0 aromatic heterocycles. The number of piperidine rings is 1. The van der Waals surface area contributed by atoms with E-state index in [-0.39, 0.29) is 17.2 Å². The van der Waals surface area contributed by atoms with Gasteiger partial charge < -0.3 is 10.2 Å². The van der Waals surface area contributed by atoms with Gasteiger partial charge in [-0.1, -0.05) is 17.7 Å². The number of likely N-dealkylation sites (tertiary alicyclic amines) is 1. The summed E-state index contributed by atoms with van der Waals surface area (Å²) in [5.41, 5.74) is 0.581. The van der Waals surface area contributed by atoms with Crippen LogP contribution in [0.3, 0.4) is 0 Å². The summed E-state index contributed by atoms with van der Waals surface area (Å²) in [4.78, 5) is 25.8. The monoisotopic (exact) mass is 370 g/mol. The average Bonchev–Trinajstić information content (AvgIpc) is 2.83. The van der Waals surface area contributed by atoms with Crippen LogP contribution in [0.15, 0.2) is 22.7 Å². The molecule has 2 saturated heterocycles. The molecule has 0 atom stereocenters. The summed E-state index contributed by atoms with van der Waals surface area (Å²) in [6.07, 6.45) is 2.32. The van der Waals surface area contributed by atoms with Crippen LogP contribution in [0.25, 0.3) is 0 Å². The average molecular weight is 372 g/mol. The molecular weight excluding hydrogens is 356 g/mol. The van der Waals surface area contributed by atoms with E-state index in [4.69, 9.17) is 11.6 Å². The normalized spacial score (nSPS) is 20.7. The van der Waals surface area contributed by atoms with Gasteiger partial charge in [0.25, 0.3) is 5.91 Å². The molecule has 1 aromatic rings. The Labute approximate surface area is 137 Å². The van der Waals surface area contributed by atoms with Gasteiger partial charge >= 0.3 is 0 Å². The molecule has 2 aliphatic heterocycles. The lowest BCUT2D eigenvalue weighted by atomic mass is 9.77. The number of rotatable bonds is 1. The highest BCUT2D eigenvalue weighted by Gasteiger charge is 2.41. The van der Waals surface area contributed by atoms with Gasteiger partial charge in [0.05, 0.1) is 10.6 Å². The van der Waals surface area contributed by atoms with Crippen molar-refractivity contribution in [2.75, 3.05) is 19.6 Å². The Hall–Kier alpha value is -1.07. The summed E-state index contributed by atoms with van der Waals surface area (Å²) < 4.78 is 0.731. The number of carbonyl (C=O) groups is 2. The topological polar surface area (TPSA) is 49.4 Å². The minimum Gasteiger partial charge on any atom is -0.356 e. The first-order chi connectivity index (χ1) is 10.0. The van der Waals surface area contributed by atoms with Crippen molar-refractivity contribution in [3.8, 4) is 0 Å². The molecule has 3 rings (SSSR count). The van der Waals surface area contributed by atoms with Crippen molar-refractivity contribution in [3.05, 3.63) is 33.3 Å². The molecule has 2 amide bonds. The van der Waals surface area contributed by atoms with Crippen molar-refractivity contribution in [2.45, 2.75) is 19.3 Å². The second-order valence-corrected chi connectivity index (χ2v) is 7.08. The van der Waals surface area contributed by atoms with Crippen LogP contribution in [0.4, 0.5) is 0 Å². The van der Waals surface area contributed by atoms with Crippen LogP contribution in [0.2, 0.25) is 5.02 Å². The third-order valence-corrected chi connectivity index (χ3v) is 5.79. The molecule has 2 fully saturated rings. The Morgan fingerprint density at radius 2 is 2.05 bits per heavy atom. The zero-order valence-electron chi connectivity index (χ0n) is 11.5. The Kier molecular flexibility index (Phi) is 3.97. The van der Waals surface area contributed by atoms with Crippen molar-refractivity contribution in [2.24, 2.45) is 5.41 Å². The molecule has 2 heterocycles. The van der Waals surface area contributed by atoms with Gasteiger partial charge in [0.15, 0.2) is 0 Å². The predicted molar refractivity (Wildman–Crippen MR) is 84.3 cm³/mol. The lowest BCUT2D eigenvalue weighted by Gasteiger charge is -2.38. The molecular formula is C15H16BrClN2O2.